The molecule has 5 nitrogen and oxygen atoms in total. The molecule has 1 aromatic heterocycles. The number of hydrogen-bond acceptors (Lipinski definition) is 4. The van der Waals surface area contributed by atoms with E-state index in [9.17, 15) is 0 Å². The van der Waals surface area contributed by atoms with Crippen LogP contribution < -0.4 is 10.1 Å². The van der Waals surface area contributed by atoms with Crippen LogP contribution in [0.3, 0.4) is 0 Å². The predicted octanol–water partition coefficient (Wildman–Crippen LogP) is 4.03. The average Bonchev–Trinajstić information content (AvgIpc) is 3.19. The summed E-state index contributed by atoms with van der Waals surface area (Å²) in [7, 11) is 5.57. The van der Waals surface area contributed by atoms with Crippen LogP contribution in [0.4, 0.5) is 0 Å². The highest BCUT2D eigenvalue weighted by Crippen LogP contribution is 2.12. The van der Waals surface area contributed by atoms with Gasteiger partial charge in [-0.2, -0.15) is 0 Å². The third-order valence-electron chi connectivity index (χ3n) is 4.02. The lowest BCUT2D eigenvalue weighted by atomic mass is 10.2. The van der Waals surface area contributed by atoms with Gasteiger partial charge in [0, 0.05) is 38.7 Å². The molecule has 2 aromatic rings. The molecule has 0 radical (unpaired) electrons. The number of nitrogens with one attached hydrogen (secondary N) is 1. The molecule has 7 heteroatoms. The Labute approximate surface area is 183 Å². The molecule has 1 aromatic carbocycles. The van der Waals surface area contributed by atoms with Gasteiger partial charge in [0.05, 0.1) is 13.7 Å². The Morgan fingerprint density at radius 2 is 2.00 bits per heavy atom. The standard InChI is InChI=1S/C20H29N3O2S.HI/c1-21-20(23(2)13-11-19-6-4-15-26-19)22-12-5-14-25-16-17-7-9-18(24-3)10-8-17;/h4,6-10,15H,5,11-14,16H2,1-3H3,(H,21,22);1H. The first-order chi connectivity index (χ1) is 12.7. The maximum absolute atomic E-state index is 5.73. The molecule has 0 atom stereocenters. The number of nitrogens with zero attached hydrogens (tertiary/aromatic N) is 2. The van der Waals surface area contributed by atoms with Gasteiger partial charge in [0.2, 0.25) is 0 Å². The number of hydrogen-bond donors (Lipinski definition) is 1. The van der Waals surface area contributed by atoms with Gasteiger partial charge in [0.25, 0.3) is 0 Å². The molecule has 0 unspecified atom stereocenters. The fourth-order valence-corrected chi connectivity index (χ4v) is 3.21. The van der Waals surface area contributed by atoms with Crippen molar-refractivity contribution in [2.45, 2.75) is 19.4 Å². The fraction of sp³-hybridized carbons (Fsp3) is 0.450. The normalized spacial score (nSPS) is 11.0. The van der Waals surface area contributed by atoms with Crippen molar-refractivity contribution in [1.82, 2.24) is 10.2 Å². The second kappa shape index (κ2) is 13.8. The lowest BCUT2D eigenvalue weighted by molar-refractivity contribution is 0.119. The average molecular weight is 503 g/mol. The van der Waals surface area contributed by atoms with Crippen molar-refractivity contribution in [2.24, 2.45) is 4.99 Å². The van der Waals surface area contributed by atoms with Crippen molar-refractivity contribution in [2.75, 3.05) is 40.9 Å². The van der Waals surface area contributed by atoms with E-state index in [1.54, 1.807) is 18.4 Å². The van der Waals surface area contributed by atoms with Crippen molar-refractivity contribution in [3.05, 3.63) is 52.2 Å². The highest BCUT2D eigenvalue weighted by molar-refractivity contribution is 14.0. The molecule has 0 saturated heterocycles. The van der Waals surface area contributed by atoms with Crippen molar-refractivity contribution in [1.29, 1.82) is 0 Å². The highest BCUT2D eigenvalue weighted by atomic mass is 127. The van der Waals surface area contributed by atoms with Crippen LogP contribution in [0.2, 0.25) is 0 Å². The molecular weight excluding hydrogens is 473 g/mol. The van der Waals surface area contributed by atoms with Gasteiger partial charge in [-0.25, -0.2) is 0 Å². The van der Waals surface area contributed by atoms with Crippen LogP contribution in [-0.2, 0) is 17.8 Å². The zero-order valence-electron chi connectivity index (χ0n) is 16.3. The van der Waals surface area contributed by atoms with Crippen molar-refractivity contribution < 1.29 is 9.47 Å². The quantitative estimate of drug-likeness (QED) is 0.230. The van der Waals surface area contributed by atoms with E-state index >= 15 is 0 Å². The third kappa shape index (κ3) is 8.94. The SMILES string of the molecule is CN=C(NCCCOCc1ccc(OC)cc1)N(C)CCc1cccs1.I. The van der Waals surface area contributed by atoms with Gasteiger partial charge < -0.3 is 19.7 Å². The monoisotopic (exact) mass is 503 g/mol. The minimum absolute atomic E-state index is 0. The van der Waals surface area contributed by atoms with Gasteiger partial charge in [-0.15, -0.1) is 35.3 Å². The van der Waals surface area contributed by atoms with Crippen LogP contribution in [0.1, 0.15) is 16.9 Å². The van der Waals surface area contributed by atoms with Gasteiger partial charge in [-0.1, -0.05) is 18.2 Å². The van der Waals surface area contributed by atoms with E-state index < -0.39 is 0 Å². The Morgan fingerprint density at radius 1 is 1.22 bits per heavy atom. The number of ether oxygens (including phenoxy) is 2. The smallest absolute Gasteiger partial charge is 0.193 e. The largest absolute Gasteiger partial charge is 0.497 e. The molecule has 0 spiro atoms. The number of rotatable bonds is 10. The maximum atomic E-state index is 5.73. The molecular formula is C20H30IN3O2S. The summed E-state index contributed by atoms with van der Waals surface area (Å²) in [6.45, 7) is 3.14. The van der Waals surface area contributed by atoms with E-state index in [2.05, 4.69) is 39.8 Å². The molecule has 0 fully saturated rings. The molecule has 1 N–H and O–H groups in total. The van der Waals surface area contributed by atoms with Gasteiger partial charge in [-0.3, -0.25) is 4.99 Å². The van der Waals surface area contributed by atoms with E-state index in [1.165, 1.54) is 4.88 Å². The van der Waals surface area contributed by atoms with Gasteiger partial charge in [0.15, 0.2) is 5.96 Å². The molecule has 0 aliphatic rings. The second-order valence-electron chi connectivity index (χ2n) is 5.98. The van der Waals surface area contributed by atoms with E-state index in [0.29, 0.717) is 6.61 Å². The predicted molar refractivity (Wildman–Crippen MR) is 125 cm³/mol. The lowest BCUT2D eigenvalue weighted by Gasteiger charge is -2.21. The number of methoxy groups -OCH3 is 1. The van der Waals surface area contributed by atoms with E-state index in [4.69, 9.17) is 9.47 Å². The Balaban J connectivity index is 0.00000364. The van der Waals surface area contributed by atoms with Crippen LogP contribution in [-0.4, -0.2) is 51.8 Å². The molecule has 2 rings (SSSR count). The van der Waals surface area contributed by atoms with Crippen LogP contribution >= 0.6 is 35.3 Å². The summed E-state index contributed by atoms with van der Waals surface area (Å²) in [6.07, 6.45) is 1.98. The van der Waals surface area contributed by atoms with Crippen molar-refractivity contribution in [3.63, 3.8) is 0 Å². The molecule has 0 saturated carbocycles. The minimum Gasteiger partial charge on any atom is -0.497 e. The number of aliphatic imine (C=N–C) groups is 1. The lowest BCUT2D eigenvalue weighted by Crippen LogP contribution is -2.40. The Hall–Kier alpha value is -1.32. The van der Waals surface area contributed by atoms with Crippen molar-refractivity contribution >= 4 is 41.3 Å². The second-order valence-corrected chi connectivity index (χ2v) is 7.01. The van der Waals surface area contributed by atoms with Crippen molar-refractivity contribution in [3.8, 4) is 5.75 Å². The summed E-state index contributed by atoms with van der Waals surface area (Å²) in [5.74, 6) is 1.80. The third-order valence-corrected chi connectivity index (χ3v) is 4.96. The van der Waals surface area contributed by atoms with Gasteiger partial charge in [0.1, 0.15) is 5.75 Å². The Morgan fingerprint density at radius 3 is 2.63 bits per heavy atom. The molecule has 0 amide bonds. The zero-order valence-corrected chi connectivity index (χ0v) is 19.5. The minimum atomic E-state index is 0. The van der Waals surface area contributed by atoms with E-state index in [-0.39, 0.29) is 24.0 Å². The number of likely N-dealkylation sites (N-methyl/N-ethyl adjacent to an activating group) is 1. The molecule has 0 aliphatic carbocycles. The number of halogens is 1. The maximum Gasteiger partial charge on any atom is 0.193 e. The number of benzene rings is 1. The van der Waals surface area contributed by atoms with Gasteiger partial charge in [-0.05, 0) is 42.0 Å². The first kappa shape index (κ1) is 23.7. The van der Waals surface area contributed by atoms with Crippen LogP contribution in [0.5, 0.6) is 5.75 Å². The summed E-state index contributed by atoms with van der Waals surface area (Å²) in [5, 5.41) is 5.52. The summed E-state index contributed by atoms with van der Waals surface area (Å²) >= 11 is 1.80. The van der Waals surface area contributed by atoms with Gasteiger partial charge >= 0.3 is 0 Å². The summed E-state index contributed by atoms with van der Waals surface area (Å²) in [4.78, 5) is 7.92. The molecule has 0 aliphatic heterocycles. The molecule has 150 valence electrons. The fourth-order valence-electron chi connectivity index (χ4n) is 2.51. The van der Waals surface area contributed by atoms with Crippen LogP contribution in [0.15, 0.2) is 46.8 Å². The summed E-state index contributed by atoms with van der Waals surface area (Å²) < 4.78 is 10.9. The Bertz CT molecular complexity index is 648. The summed E-state index contributed by atoms with van der Waals surface area (Å²) in [5.41, 5.74) is 1.16. The first-order valence-corrected chi connectivity index (χ1v) is 9.75. The molecule has 0 bridgehead atoms. The highest BCUT2D eigenvalue weighted by Gasteiger charge is 2.05. The van der Waals surface area contributed by atoms with E-state index in [1.807, 2.05) is 31.3 Å². The summed E-state index contributed by atoms with van der Waals surface area (Å²) in [6, 6.07) is 12.2. The van der Waals surface area contributed by atoms with Crippen LogP contribution in [0.25, 0.3) is 0 Å². The number of thiophene rings is 1. The molecule has 1 heterocycles. The Kier molecular flexibility index (Phi) is 12.1. The first-order valence-electron chi connectivity index (χ1n) is 8.87. The van der Waals surface area contributed by atoms with Crippen LogP contribution in [0, 0.1) is 0 Å². The topological polar surface area (TPSA) is 46.1 Å². The molecule has 27 heavy (non-hydrogen) atoms. The zero-order chi connectivity index (χ0) is 18.6. The van der Waals surface area contributed by atoms with E-state index in [0.717, 1.165) is 49.8 Å². The number of guanidine groups is 1.